The van der Waals surface area contributed by atoms with Crippen LogP contribution in [0, 0.1) is 0 Å². The number of halogens is 1. The second kappa shape index (κ2) is 8.02. The molecule has 1 aliphatic heterocycles. The summed E-state index contributed by atoms with van der Waals surface area (Å²) >= 11 is 7.98. The van der Waals surface area contributed by atoms with Crippen molar-refractivity contribution in [3.8, 4) is 11.5 Å². The number of rotatable bonds is 4. The predicted octanol–water partition coefficient (Wildman–Crippen LogP) is 4.50. The van der Waals surface area contributed by atoms with E-state index in [1.165, 1.54) is 4.90 Å². The topological polar surface area (TPSA) is 38.8 Å². The molecule has 0 aliphatic carbocycles. The third kappa shape index (κ3) is 4.22. The van der Waals surface area contributed by atoms with E-state index in [4.69, 9.17) is 21.1 Å². The molecule has 0 bridgehead atoms. The predicted molar refractivity (Wildman–Crippen MR) is 101 cm³/mol. The highest BCUT2D eigenvalue weighted by molar-refractivity contribution is 7.98. The van der Waals surface area contributed by atoms with E-state index in [1.807, 2.05) is 18.4 Å². The molecule has 0 spiro atoms. The maximum atomic E-state index is 12.8. The highest BCUT2D eigenvalue weighted by atomic mass is 35.5. The molecule has 0 saturated carbocycles. The quantitative estimate of drug-likeness (QED) is 0.735. The molecule has 0 atom stereocenters. The van der Waals surface area contributed by atoms with Crippen molar-refractivity contribution in [3.05, 3.63) is 52.5 Å². The van der Waals surface area contributed by atoms with Crippen molar-refractivity contribution < 1.29 is 14.3 Å². The lowest BCUT2D eigenvalue weighted by Gasteiger charge is -2.19. The fourth-order valence-corrected chi connectivity index (χ4v) is 3.32. The van der Waals surface area contributed by atoms with E-state index in [1.54, 1.807) is 35.8 Å². The Morgan fingerprint density at radius 3 is 2.64 bits per heavy atom. The van der Waals surface area contributed by atoms with Crippen molar-refractivity contribution in [2.45, 2.75) is 17.9 Å². The van der Waals surface area contributed by atoms with Gasteiger partial charge in [0, 0.05) is 30.5 Å². The summed E-state index contributed by atoms with van der Waals surface area (Å²) in [5, 5.41) is 0.403. The van der Waals surface area contributed by atoms with Crippen LogP contribution in [0.15, 0.2) is 41.3 Å². The van der Waals surface area contributed by atoms with Crippen LogP contribution in [-0.4, -0.2) is 37.3 Å². The lowest BCUT2D eigenvalue weighted by molar-refractivity contribution is 0.0784. The van der Waals surface area contributed by atoms with Crippen molar-refractivity contribution in [3.63, 3.8) is 0 Å². The maximum Gasteiger partial charge on any atom is 0.254 e. The average molecular weight is 378 g/mol. The smallest absolute Gasteiger partial charge is 0.254 e. The van der Waals surface area contributed by atoms with Crippen LogP contribution < -0.4 is 9.47 Å². The van der Waals surface area contributed by atoms with Crippen LogP contribution in [0.1, 0.15) is 22.3 Å². The van der Waals surface area contributed by atoms with Gasteiger partial charge in [0.15, 0.2) is 11.5 Å². The minimum Gasteiger partial charge on any atom is -0.489 e. The van der Waals surface area contributed by atoms with Gasteiger partial charge in [0.25, 0.3) is 5.91 Å². The Bertz CT molecular complexity index is 764. The van der Waals surface area contributed by atoms with Gasteiger partial charge in [-0.05, 0) is 36.1 Å². The highest BCUT2D eigenvalue weighted by Gasteiger charge is 2.20. The zero-order chi connectivity index (χ0) is 17.8. The molecule has 2 aromatic carbocycles. The lowest BCUT2D eigenvalue weighted by atomic mass is 10.1. The monoisotopic (exact) mass is 377 g/mol. The third-order valence-electron chi connectivity index (χ3n) is 3.97. The van der Waals surface area contributed by atoms with Crippen molar-refractivity contribution in [1.29, 1.82) is 0 Å². The Morgan fingerprint density at radius 2 is 1.92 bits per heavy atom. The van der Waals surface area contributed by atoms with Crippen molar-refractivity contribution in [2.75, 3.05) is 26.5 Å². The number of nitrogens with zero attached hydrogens (tertiary/aromatic N) is 1. The Hall–Kier alpha value is -1.85. The van der Waals surface area contributed by atoms with Crippen molar-refractivity contribution in [2.24, 2.45) is 0 Å². The summed E-state index contributed by atoms with van der Waals surface area (Å²) in [6.45, 7) is 1.64. The number of thioether (sulfide) groups is 1. The minimum absolute atomic E-state index is 0.105. The van der Waals surface area contributed by atoms with Crippen LogP contribution >= 0.6 is 23.4 Å². The SMILES string of the molecule is CSc1ccc(CN(C)C(=O)c2cc(Cl)c3c(c2)OCCCO3)cc1. The molecular weight excluding hydrogens is 358 g/mol. The van der Waals surface area contributed by atoms with Crippen LogP contribution in [0.2, 0.25) is 5.02 Å². The Morgan fingerprint density at radius 1 is 1.20 bits per heavy atom. The fourth-order valence-electron chi connectivity index (χ4n) is 2.65. The third-order valence-corrected chi connectivity index (χ3v) is 5.00. The summed E-state index contributed by atoms with van der Waals surface area (Å²) in [6.07, 6.45) is 2.83. The van der Waals surface area contributed by atoms with E-state index in [-0.39, 0.29) is 5.91 Å². The zero-order valence-electron chi connectivity index (χ0n) is 14.3. The van der Waals surface area contributed by atoms with Gasteiger partial charge in [-0.1, -0.05) is 23.7 Å². The first-order valence-electron chi connectivity index (χ1n) is 8.06. The molecule has 1 aliphatic rings. The average Bonchev–Trinajstić information content (AvgIpc) is 2.87. The number of amides is 1. The first-order chi connectivity index (χ1) is 12.1. The molecule has 132 valence electrons. The maximum absolute atomic E-state index is 12.8. The molecular formula is C19H20ClNO3S. The van der Waals surface area contributed by atoms with E-state index in [2.05, 4.69) is 12.1 Å². The number of hydrogen-bond acceptors (Lipinski definition) is 4. The molecule has 0 radical (unpaired) electrons. The summed E-state index contributed by atoms with van der Waals surface area (Å²) < 4.78 is 11.3. The molecule has 0 unspecified atom stereocenters. The van der Waals surface area contributed by atoms with Crippen LogP contribution in [0.25, 0.3) is 0 Å². The van der Waals surface area contributed by atoms with Crippen LogP contribution in [0.4, 0.5) is 0 Å². The summed E-state index contributed by atoms with van der Waals surface area (Å²) in [6, 6.07) is 11.5. The summed E-state index contributed by atoms with van der Waals surface area (Å²) in [7, 11) is 1.78. The lowest BCUT2D eigenvalue weighted by Crippen LogP contribution is -2.26. The van der Waals surface area contributed by atoms with Gasteiger partial charge < -0.3 is 14.4 Å². The van der Waals surface area contributed by atoms with Gasteiger partial charge >= 0.3 is 0 Å². The molecule has 1 heterocycles. The molecule has 0 N–H and O–H groups in total. The van der Waals surface area contributed by atoms with Gasteiger partial charge in [-0.3, -0.25) is 4.79 Å². The molecule has 0 aromatic heterocycles. The molecule has 0 saturated heterocycles. The van der Waals surface area contributed by atoms with Gasteiger partial charge in [-0.15, -0.1) is 11.8 Å². The Kier molecular flexibility index (Phi) is 5.76. The fraction of sp³-hybridized carbons (Fsp3) is 0.316. The Labute approximate surface area is 157 Å². The molecule has 6 heteroatoms. The highest BCUT2D eigenvalue weighted by Crippen LogP contribution is 2.38. The molecule has 1 amide bonds. The van der Waals surface area contributed by atoms with Gasteiger partial charge in [0.05, 0.1) is 18.2 Å². The Balaban J connectivity index is 1.77. The molecule has 0 fully saturated rings. The van der Waals surface area contributed by atoms with Gasteiger partial charge in [-0.25, -0.2) is 0 Å². The van der Waals surface area contributed by atoms with Gasteiger partial charge in [-0.2, -0.15) is 0 Å². The van der Waals surface area contributed by atoms with E-state index >= 15 is 0 Å². The molecule has 3 rings (SSSR count). The van der Waals surface area contributed by atoms with E-state index in [0.29, 0.717) is 41.8 Å². The number of benzene rings is 2. The van der Waals surface area contributed by atoms with Crippen LogP contribution in [0.3, 0.4) is 0 Å². The van der Waals surface area contributed by atoms with E-state index < -0.39 is 0 Å². The number of hydrogen-bond donors (Lipinski definition) is 0. The standard InChI is InChI=1S/C19H20ClNO3S/c1-21(12-13-4-6-15(25-2)7-5-13)19(22)14-10-16(20)18-17(11-14)23-8-3-9-24-18/h4-7,10-11H,3,8-9,12H2,1-2H3. The second-order valence-electron chi connectivity index (χ2n) is 5.85. The zero-order valence-corrected chi connectivity index (χ0v) is 15.8. The second-order valence-corrected chi connectivity index (χ2v) is 7.13. The number of fused-ring (bicyclic) bond motifs is 1. The van der Waals surface area contributed by atoms with Crippen molar-refractivity contribution >= 4 is 29.3 Å². The first kappa shape index (κ1) is 18.0. The number of ether oxygens (including phenoxy) is 2. The molecule has 2 aromatic rings. The number of carbonyl (C=O) groups is 1. The van der Waals surface area contributed by atoms with Crippen LogP contribution in [0.5, 0.6) is 11.5 Å². The van der Waals surface area contributed by atoms with Crippen LogP contribution in [-0.2, 0) is 6.54 Å². The van der Waals surface area contributed by atoms with Crippen molar-refractivity contribution in [1.82, 2.24) is 4.90 Å². The summed E-state index contributed by atoms with van der Waals surface area (Å²) in [5.41, 5.74) is 1.58. The van der Waals surface area contributed by atoms with Gasteiger partial charge in [0.2, 0.25) is 0 Å². The van der Waals surface area contributed by atoms with E-state index in [0.717, 1.165) is 12.0 Å². The molecule has 25 heavy (non-hydrogen) atoms. The molecule has 4 nitrogen and oxygen atoms in total. The first-order valence-corrected chi connectivity index (χ1v) is 9.66. The minimum atomic E-state index is -0.105. The summed E-state index contributed by atoms with van der Waals surface area (Å²) in [5.74, 6) is 0.948. The largest absolute Gasteiger partial charge is 0.489 e. The van der Waals surface area contributed by atoms with Gasteiger partial charge in [0.1, 0.15) is 0 Å². The summed E-state index contributed by atoms with van der Waals surface area (Å²) in [4.78, 5) is 15.6. The van der Waals surface area contributed by atoms with E-state index in [9.17, 15) is 4.79 Å². The number of carbonyl (C=O) groups excluding carboxylic acids is 1. The normalized spacial score (nSPS) is 13.2.